The van der Waals surface area contributed by atoms with E-state index in [0.29, 0.717) is 26.6 Å². The van der Waals surface area contributed by atoms with Crippen molar-refractivity contribution in [1.82, 2.24) is 19.7 Å². The Kier molecular flexibility index (Phi) is 7.09. The number of nitrogens with zero attached hydrogens (tertiary/aromatic N) is 4. The van der Waals surface area contributed by atoms with Crippen molar-refractivity contribution in [3.63, 3.8) is 0 Å². The fourth-order valence-corrected chi connectivity index (χ4v) is 4.92. The van der Waals surface area contributed by atoms with Crippen molar-refractivity contribution < 1.29 is 9.59 Å². The molecule has 29 heavy (non-hydrogen) atoms. The fraction of sp³-hybridized carbons (Fsp3) is 0.316. The van der Waals surface area contributed by atoms with Gasteiger partial charge in [-0.15, -0.1) is 22.0 Å². The summed E-state index contributed by atoms with van der Waals surface area (Å²) in [5.74, 6) is 1.49. The van der Waals surface area contributed by atoms with Crippen molar-refractivity contribution in [2.24, 2.45) is 7.05 Å². The number of carbonyl (C=O) groups excluding carboxylic acids is 2. The van der Waals surface area contributed by atoms with Crippen LogP contribution in [-0.2, 0) is 17.6 Å². The highest BCUT2D eigenvalue weighted by Crippen LogP contribution is 2.25. The molecule has 0 aliphatic rings. The summed E-state index contributed by atoms with van der Waals surface area (Å²) >= 11 is 4.20. The van der Waals surface area contributed by atoms with Gasteiger partial charge >= 0.3 is 0 Å². The van der Waals surface area contributed by atoms with Crippen molar-refractivity contribution in [2.75, 3.05) is 11.1 Å². The maximum atomic E-state index is 12.2. The van der Waals surface area contributed by atoms with Gasteiger partial charge in [-0.25, -0.2) is 4.98 Å². The number of aromatic nitrogens is 4. The first-order valence-corrected chi connectivity index (χ1v) is 11.6. The molecule has 1 N–H and O–H groups in total. The maximum Gasteiger partial charge on any atom is 0.236 e. The van der Waals surface area contributed by atoms with Gasteiger partial charge in [0.15, 0.2) is 16.1 Å². The Morgan fingerprint density at radius 2 is 1.86 bits per heavy atom. The van der Waals surface area contributed by atoms with E-state index < -0.39 is 0 Å². The van der Waals surface area contributed by atoms with Crippen LogP contribution < -0.4 is 5.32 Å². The van der Waals surface area contributed by atoms with Crippen LogP contribution >= 0.6 is 34.9 Å². The average Bonchev–Trinajstić information content (AvgIpc) is 3.22. The summed E-state index contributed by atoms with van der Waals surface area (Å²) in [4.78, 5) is 29.7. The highest BCUT2D eigenvalue weighted by Gasteiger charge is 2.15. The van der Waals surface area contributed by atoms with Crippen molar-refractivity contribution >= 4 is 51.7 Å². The molecule has 0 atom stereocenters. The number of hydrogen-bond donors (Lipinski definition) is 1. The van der Waals surface area contributed by atoms with E-state index in [-0.39, 0.29) is 17.4 Å². The highest BCUT2D eigenvalue weighted by atomic mass is 32.2. The van der Waals surface area contributed by atoms with Crippen LogP contribution in [0, 0.1) is 13.8 Å². The number of thiazole rings is 1. The number of aryl methyl sites for hydroxylation is 2. The Balaban J connectivity index is 1.53. The SMILES string of the molecule is CC(=O)c1sc(NC(=O)CSc2nnc(CSc3ccc(C)cc3)n2C)nc1C. The van der Waals surface area contributed by atoms with E-state index in [2.05, 4.69) is 51.7 Å². The second-order valence-electron chi connectivity index (χ2n) is 6.39. The third kappa shape index (κ3) is 5.68. The summed E-state index contributed by atoms with van der Waals surface area (Å²) in [6.45, 7) is 5.31. The molecule has 0 fully saturated rings. The molecule has 0 aliphatic heterocycles. The highest BCUT2D eigenvalue weighted by molar-refractivity contribution is 7.99. The molecule has 0 radical (unpaired) electrons. The van der Waals surface area contributed by atoms with E-state index in [4.69, 9.17) is 0 Å². The van der Waals surface area contributed by atoms with Crippen LogP contribution in [0.3, 0.4) is 0 Å². The van der Waals surface area contributed by atoms with Crippen LogP contribution in [0.2, 0.25) is 0 Å². The minimum atomic E-state index is -0.197. The number of rotatable bonds is 8. The van der Waals surface area contributed by atoms with Crippen LogP contribution in [0.1, 0.15) is 33.7 Å². The summed E-state index contributed by atoms with van der Waals surface area (Å²) in [7, 11) is 1.90. The Morgan fingerprint density at radius 3 is 2.52 bits per heavy atom. The molecule has 1 amide bonds. The summed E-state index contributed by atoms with van der Waals surface area (Å²) in [6, 6.07) is 8.35. The molecule has 0 aliphatic carbocycles. The molecule has 7 nitrogen and oxygen atoms in total. The standard InChI is InChI=1S/C19H21N5O2S3/c1-11-5-7-14(8-6-11)27-9-15-22-23-19(24(15)4)28-10-16(26)21-18-20-12(2)17(29-18)13(3)25/h5-8H,9-10H2,1-4H3,(H,20,21,26). The lowest BCUT2D eigenvalue weighted by molar-refractivity contribution is -0.113. The zero-order valence-corrected chi connectivity index (χ0v) is 19.0. The zero-order chi connectivity index (χ0) is 21.0. The van der Waals surface area contributed by atoms with Crippen molar-refractivity contribution in [3.05, 3.63) is 46.2 Å². The molecule has 0 spiro atoms. The van der Waals surface area contributed by atoms with Gasteiger partial charge in [-0.1, -0.05) is 40.8 Å². The number of benzene rings is 1. The third-order valence-electron chi connectivity index (χ3n) is 4.01. The lowest BCUT2D eigenvalue weighted by Crippen LogP contribution is -2.14. The Bertz CT molecular complexity index is 1030. The monoisotopic (exact) mass is 447 g/mol. The van der Waals surface area contributed by atoms with Gasteiger partial charge < -0.3 is 9.88 Å². The molecule has 3 rings (SSSR count). The molecule has 2 aromatic heterocycles. The first-order valence-electron chi connectivity index (χ1n) is 8.82. The molecular formula is C19H21N5O2S3. The molecule has 3 aromatic rings. The predicted octanol–water partition coefficient (Wildman–Crippen LogP) is 4.11. The molecule has 0 bridgehead atoms. The Morgan fingerprint density at radius 1 is 1.14 bits per heavy atom. The number of amides is 1. The second kappa shape index (κ2) is 9.55. The molecule has 0 saturated carbocycles. The van der Waals surface area contributed by atoms with Gasteiger partial charge in [0.25, 0.3) is 0 Å². The quantitative estimate of drug-likeness (QED) is 0.410. The molecule has 10 heteroatoms. The number of carbonyl (C=O) groups is 2. The zero-order valence-electron chi connectivity index (χ0n) is 16.6. The summed E-state index contributed by atoms with van der Waals surface area (Å²) in [5.41, 5.74) is 1.87. The van der Waals surface area contributed by atoms with Crippen LogP contribution in [0.5, 0.6) is 0 Å². The minimum absolute atomic E-state index is 0.0509. The lowest BCUT2D eigenvalue weighted by Gasteiger charge is -2.04. The van der Waals surface area contributed by atoms with Gasteiger partial charge in [0.1, 0.15) is 5.82 Å². The number of nitrogens with one attached hydrogen (secondary N) is 1. The fourth-order valence-electron chi connectivity index (χ4n) is 2.44. The van der Waals surface area contributed by atoms with Gasteiger partial charge in [0, 0.05) is 18.9 Å². The Hall–Kier alpha value is -2.17. The van der Waals surface area contributed by atoms with Crippen LogP contribution in [-0.4, -0.2) is 37.2 Å². The van der Waals surface area contributed by atoms with Crippen molar-refractivity contribution in [2.45, 2.75) is 36.6 Å². The normalized spacial score (nSPS) is 10.9. The van der Waals surface area contributed by atoms with E-state index in [9.17, 15) is 9.59 Å². The van der Waals surface area contributed by atoms with Crippen molar-refractivity contribution in [3.8, 4) is 0 Å². The average molecular weight is 448 g/mol. The van der Waals surface area contributed by atoms with E-state index >= 15 is 0 Å². The second-order valence-corrected chi connectivity index (χ2v) is 9.38. The Labute approximate surface area is 181 Å². The topological polar surface area (TPSA) is 89.8 Å². The van der Waals surface area contributed by atoms with Crippen LogP contribution in [0.4, 0.5) is 5.13 Å². The number of Topliss-reactive ketones (excluding diaryl/α,β-unsaturated/α-hetero) is 1. The molecule has 0 unspecified atom stereocenters. The van der Waals surface area contributed by atoms with E-state index in [1.54, 1.807) is 18.7 Å². The van der Waals surface area contributed by atoms with E-state index in [0.717, 1.165) is 5.82 Å². The largest absolute Gasteiger partial charge is 0.308 e. The molecule has 0 saturated heterocycles. The van der Waals surface area contributed by atoms with Gasteiger partial charge in [-0.05, 0) is 26.0 Å². The minimum Gasteiger partial charge on any atom is -0.308 e. The molecule has 2 heterocycles. The number of ketones is 1. The summed E-state index contributed by atoms with van der Waals surface area (Å²) in [6.07, 6.45) is 0. The van der Waals surface area contributed by atoms with Crippen LogP contribution in [0.25, 0.3) is 0 Å². The number of thioether (sulfide) groups is 2. The first kappa shape index (κ1) is 21.5. The smallest absolute Gasteiger partial charge is 0.236 e. The maximum absolute atomic E-state index is 12.2. The van der Waals surface area contributed by atoms with Crippen molar-refractivity contribution in [1.29, 1.82) is 0 Å². The molecular weight excluding hydrogens is 426 g/mol. The van der Waals surface area contributed by atoms with Crippen LogP contribution in [0.15, 0.2) is 34.3 Å². The number of anilines is 1. The van der Waals surface area contributed by atoms with Gasteiger partial charge in [-0.2, -0.15) is 0 Å². The van der Waals surface area contributed by atoms with E-state index in [1.165, 1.54) is 40.5 Å². The van der Waals surface area contributed by atoms with Gasteiger partial charge in [-0.3, -0.25) is 9.59 Å². The lowest BCUT2D eigenvalue weighted by atomic mass is 10.2. The first-order chi connectivity index (χ1) is 13.8. The van der Waals surface area contributed by atoms with E-state index in [1.807, 2.05) is 11.6 Å². The summed E-state index contributed by atoms with van der Waals surface area (Å²) in [5, 5.41) is 12.3. The van der Waals surface area contributed by atoms with Gasteiger partial charge in [0.05, 0.1) is 22.1 Å². The third-order valence-corrected chi connectivity index (χ3v) is 7.21. The summed E-state index contributed by atoms with van der Waals surface area (Å²) < 4.78 is 1.90. The van der Waals surface area contributed by atoms with Gasteiger partial charge in [0.2, 0.25) is 5.91 Å². The predicted molar refractivity (Wildman–Crippen MR) is 118 cm³/mol. The molecule has 152 valence electrons. The number of hydrogen-bond acceptors (Lipinski definition) is 8. The molecule has 1 aromatic carbocycles.